The summed E-state index contributed by atoms with van der Waals surface area (Å²) in [7, 11) is 0. The summed E-state index contributed by atoms with van der Waals surface area (Å²) in [6.45, 7) is 5.21. The van der Waals surface area contributed by atoms with Gasteiger partial charge in [-0.05, 0) is 54.7 Å². The van der Waals surface area contributed by atoms with E-state index in [0.717, 1.165) is 49.2 Å². The molecule has 0 amide bonds. The van der Waals surface area contributed by atoms with Gasteiger partial charge in [-0.25, -0.2) is 9.59 Å². The van der Waals surface area contributed by atoms with Crippen LogP contribution in [0.5, 0.6) is 5.75 Å². The van der Waals surface area contributed by atoms with E-state index in [4.69, 9.17) is 14.2 Å². The average molecular weight is 551 g/mol. The monoisotopic (exact) mass is 550 g/mol. The fourth-order valence-electron chi connectivity index (χ4n) is 5.21. The molecule has 0 saturated carbocycles. The summed E-state index contributed by atoms with van der Waals surface area (Å²) >= 11 is 0. The van der Waals surface area contributed by atoms with Crippen LogP contribution in [0.15, 0.2) is 48.5 Å². The maximum absolute atomic E-state index is 12.7. The van der Waals surface area contributed by atoms with Gasteiger partial charge in [-0.1, -0.05) is 115 Å². The van der Waals surface area contributed by atoms with Gasteiger partial charge in [0.15, 0.2) is 0 Å². The van der Waals surface area contributed by atoms with Gasteiger partial charge in [-0.15, -0.1) is 0 Å². The second-order valence-electron chi connectivity index (χ2n) is 11.2. The molecule has 0 N–H and O–H groups in total. The summed E-state index contributed by atoms with van der Waals surface area (Å²) in [5.74, 6) is -0.0331. The highest BCUT2D eigenvalue weighted by atomic mass is 16.6. The van der Waals surface area contributed by atoms with Gasteiger partial charge in [0.05, 0.1) is 12.2 Å². The van der Waals surface area contributed by atoms with Crippen molar-refractivity contribution < 1.29 is 23.8 Å². The zero-order chi connectivity index (χ0) is 28.4. The molecule has 0 aromatic heterocycles. The van der Waals surface area contributed by atoms with E-state index >= 15 is 0 Å². The van der Waals surface area contributed by atoms with E-state index in [2.05, 4.69) is 13.8 Å². The first-order valence-corrected chi connectivity index (χ1v) is 15.9. The van der Waals surface area contributed by atoms with E-state index in [9.17, 15) is 9.59 Å². The SMILES string of the molecule is CCCCCCCCCCOc1ccc(-c2ccc(C(=O)O[C@H]3C[C@@H](CCCCCCCC)OC3=O)cc2)cc1. The minimum Gasteiger partial charge on any atom is -0.494 e. The number of cyclic esters (lactones) is 1. The molecular weight excluding hydrogens is 500 g/mol. The molecule has 0 radical (unpaired) electrons. The Morgan fingerprint density at radius 1 is 0.725 bits per heavy atom. The minimum atomic E-state index is -0.810. The van der Waals surface area contributed by atoms with Gasteiger partial charge >= 0.3 is 11.9 Å². The van der Waals surface area contributed by atoms with Crippen molar-refractivity contribution >= 4 is 11.9 Å². The van der Waals surface area contributed by atoms with E-state index in [-0.39, 0.29) is 6.10 Å². The molecule has 40 heavy (non-hydrogen) atoms. The van der Waals surface area contributed by atoms with Crippen molar-refractivity contribution in [1.29, 1.82) is 0 Å². The van der Waals surface area contributed by atoms with E-state index in [0.29, 0.717) is 12.0 Å². The summed E-state index contributed by atoms with van der Waals surface area (Å²) < 4.78 is 16.9. The molecule has 5 nitrogen and oxygen atoms in total. The zero-order valence-corrected chi connectivity index (χ0v) is 24.8. The lowest BCUT2D eigenvalue weighted by molar-refractivity contribution is -0.147. The molecule has 1 heterocycles. The predicted octanol–water partition coefficient (Wildman–Crippen LogP) is 9.46. The molecule has 1 saturated heterocycles. The van der Waals surface area contributed by atoms with Crippen molar-refractivity contribution in [3.63, 3.8) is 0 Å². The molecule has 1 aliphatic heterocycles. The highest BCUT2D eigenvalue weighted by Gasteiger charge is 2.37. The lowest BCUT2D eigenvalue weighted by atomic mass is 10.0. The number of ether oxygens (including phenoxy) is 3. The molecular formula is C35H50O5. The van der Waals surface area contributed by atoms with E-state index < -0.39 is 18.0 Å². The smallest absolute Gasteiger partial charge is 0.347 e. The number of hydrogen-bond donors (Lipinski definition) is 0. The Balaban J connectivity index is 1.36. The topological polar surface area (TPSA) is 61.8 Å². The van der Waals surface area contributed by atoms with E-state index in [1.54, 1.807) is 12.1 Å². The Kier molecular flexibility index (Phi) is 14.7. The van der Waals surface area contributed by atoms with Crippen molar-refractivity contribution in [2.45, 2.75) is 129 Å². The third kappa shape index (κ3) is 11.3. The molecule has 1 fully saturated rings. The van der Waals surface area contributed by atoms with Gasteiger partial charge in [-0.3, -0.25) is 0 Å². The molecule has 0 aliphatic carbocycles. The van der Waals surface area contributed by atoms with Crippen molar-refractivity contribution in [3.8, 4) is 16.9 Å². The molecule has 2 atom stereocenters. The van der Waals surface area contributed by atoms with Crippen LogP contribution in [0.25, 0.3) is 11.1 Å². The van der Waals surface area contributed by atoms with Crippen LogP contribution in [0, 0.1) is 0 Å². The fourth-order valence-corrected chi connectivity index (χ4v) is 5.21. The fraction of sp³-hybridized carbons (Fsp3) is 0.600. The van der Waals surface area contributed by atoms with Crippen LogP contribution >= 0.6 is 0 Å². The number of carbonyl (C=O) groups is 2. The normalized spacial score (nSPS) is 16.6. The van der Waals surface area contributed by atoms with Gasteiger partial charge in [-0.2, -0.15) is 0 Å². The van der Waals surface area contributed by atoms with Gasteiger partial charge in [0.2, 0.25) is 6.10 Å². The van der Waals surface area contributed by atoms with Crippen LogP contribution in [0.1, 0.15) is 127 Å². The molecule has 1 aliphatic rings. The van der Waals surface area contributed by atoms with Crippen molar-refractivity contribution in [2.24, 2.45) is 0 Å². The number of benzene rings is 2. The number of hydrogen-bond acceptors (Lipinski definition) is 5. The first-order chi connectivity index (χ1) is 19.6. The van der Waals surface area contributed by atoms with Crippen LogP contribution in [0.4, 0.5) is 0 Å². The molecule has 0 bridgehead atoms. The Labute approximate surface area is 242 Å². The van der Waals surface area contributed by atoms with E-state index in [1.165, 1.54) is 70.6 Å². The van der Waals surface area contributed by atoms with Gasteiger partial charge in [0.25, 0.3) is 0 Å². The first kappa shape index (κ1) is 31.7. The lowest BCUT2D eigenvalue weighted by Gasteiger charge is -2.10. The summed E-state index contributed by atoms with van der Waals surface area (Å²) in [6, 6.07) is 15.4. The van der Waals surface area contributed by atoms with Crippen molar-refractivity contribution in [1.82, 2.24) is 0 Å². The highest BCUT2D eigenvalue weighted by Crippen LogP contribution is 2.26. The standard InChI is InChI=1S/C35H50O5/c1-3-5-7-9-11-12-14-16-26-38-31-24-22-29(23-25-31)28-18-20-30(21-19-28)34(36)40-33-27-32(39-35(33)37)17-15-13-10-8-6-4-2/h18-25,32-33H,3-17,26-27H2,1-2H3/t32-,33+/m1/s1. The quantitative estimate of drug-likeness (QED) is 0.121. The molecule has 3 rings (SSSR count). The molecule has 2 aromatic rings. The Morgan fingerprint density at radius 2 is 1.25 bits per heavy atom. The molecule has 2 aromatic carbocycles. The maximum atomic E-state index is 12.7. The Morgan fingerprint density at radius 3 is 1.85 bits per heavy atom. The van der Waals surface area contributed by atoms with Gasteiger partial charge < -0.3 is 14.2 Å². The third-order valence-corrected chi connectivity index (χ3v) is 7.73. The molecule has 220 valence electrons. The first-order valence-electron chi connectivity index (χ1n) is 15.9. The second-order valence-corrected chi connectivity index (χ2v) is 11.2. The Hall–Kier alpha value is -2.82. The summed E-state index contributed by atoms with van der Waals surface area (Å²) in [4.78, 5) is 24.9. The number of rotatable bonds is 20. The number of unbranched alkanes of at least 4 members (excludes halogenated alkanes) is 12. The Bertz CT molecular complexity index is 982. The predicted molar refractivity (Wildman–Crippen MR) is 162 cm³/mol. The van der Waals surface area contributed by atoms with E-state index in [1.807, 2.05) is 36.4 Å². The van der Waals surface area contributed by atoms with Crippen LogP contribution in [0.2, 0.25) is 0 Å². The molecule has 5 heteroatoms. The van der Waals surface area contributed by atoms with Crippen LogP contribution in [-0.4, -0.2) is 30.8 Å². The van der Waals surface area contributed by atoms with Crippen LogP contribution in [0.3, 0.4) is 0 Å². The minimum absolute atomic E-state index is 0.147. The van der Waals surface area contributed by atoms with Crippen molar-refractivity contribution in [3.05, 3.63) is 54.1 Å². The van der Waals surface area contributed by atoms with Gasteiger partial charge in [0, 0.05) is 6.42 Å². The second kappa shape index (κ2) is 18.5. The zero-order valence-electron chi connectivity index (χ0n) is 24.8. The largest absolute Gasteiger partial charge is 0.494 e. The summed E-state index contributed by atoms with van der Waals surface area (Å²) in [5, 5.41) is 0. The van der Waals surface area contributed by atoms with Crippen molar-refractivity contribution in [2.75, 3.05) is 6.61 Å². The lowest BCUT2D eigenvalue weighted by Crippen LogP contribution is -2.22. The molecule has 0 spiro atoms. The maximum Gasteiger partial charge on any atom is 0.347 e. The van der Waals surface area contributed by atoms with Crippen LogP contribution in [-0.2, 0) is 14.3 Å². The summed E-state index contributed by atoms with van der Waals surface area (Å²) in [6.07, 6.45) is 17.8. The number of carbonyl (C=O) groups excluding carboxylic acids is 2. The summed E-state index contributed by atoms with van der Waals surface area (Å²) in [5.41, 5.74) is 2.49. The average Bonchev–Trinajstić information content (AvgIpc) is 3.32. The van der Waals surface area contributed by atoms with Crippen LogP contribution < -0.4 is 4.74 Å². The third-order valence-electron chi connectivity index (χ3n) is 7.73. The number of esters is 2. The van der Waals surface area contributed by atoms with Gasteiger partial charge in [0.1, 0.15) is 11.9 Å². The highest BCUT2D eigenvalue weighted by molar-refractivity contribution is 5.92. The molecule has 0 unspecified atom stereocenters.